The molecule has 2 atom stereocenters. The quantitative estimate of drug-likeness (QED) is 0.748. The molecule has 0 saturated heterocycles. The molecule has 1 aromatic rings. The fraction of sp³-hybridized carbons (Fsp3) is 0.455. The van der Waals surface area contributed by atoms with Crippen LogP contribution in [0.1, 0.15) is 24.8 Å². The highest BCUT2D eigenvalue weighted by molar-refractivity contribution is 6.33. The van der Waals surface area contributed by atoms with Crippen molar-refractivity contribution in [2.45, 2.75) is 25.3 Å². The number of benzene rings is 1. The van der Waals surface area contributed by atoms with Crippen LogP contribution in [-0.2, 0) is 0 Å². The summed E-state index contributed by atoms with van der Waals surface area (Å²) in [5.41, 5.74) is 8.09. The third-order valence-electron chi connectivity index (χ3n) is 2.80. The Morgan fingerprint density at radius 3 is 3.07 bits per heavy atom. The van der Waals surface area contributed by atoms with Gasteiger partial charge in [-0.1, -0.05) is 23.7 Å². The first-order valence-corrected chi connectivity index (χ1v) is 5.35. The molecule has 0 bridgehead atoms. The molecular formula is C11H15ClN2. The Balaban J connectivity index is 2.45. The van der Waals surface area contributed by atoms with E-state index in [1.165, 1.54) is 5.56 Å². The minimum absolute atomic E-state index is 0.444. The van der Waals surface area contributed by atoms with Gasteiger partial charge in [0, 0.05) is 12.0 Å². The van der Waals surface area contributed by atoms with Crippen molar-refractivity contribution in [2.75, 3.05) is 11.9 Å². The van der Waals surface area contributed by atoms with E-state index in [4.69, 9.17) is 17.3 Å². The van der Waals surface area contributed by atoms with Crippen molar-refractivity contribution in [3.63, 3.8) is 0 Å². The lowest BCUT2D eigenvalue weighted by Gasteiger charge is -2.31. The molecule has 3 N–H and O–H groups in total. The van der Waals surface area contributed by atoms with E-state index in [1.54, 1.807) is 0 Å². The first-order chi connectivity index (χ1) is 6.72. The van der Waals surface area contributed by atoms with Gasteiger partial charge in [0.25, 0.3) is 0 Å². The van der Waals surface area contributed by atoms with Crippen LogP contribution in [0.4, 0.5) is 5.69 Å². The van der Waals surface area contributed by atoms with Gasteiger partial charge in [0.15, 0.2) is 0 Å². The number of hydrogen-bond acceptors (Lipinski definition) is 2. The number of hydrogen-bond donors (Lipinski definition) is 2. The van der Waals surface area contributed by atoms with Gasteiger partial charge in [-0.15, -0.1) is 0 Å². The van der Waals surface area contributed by atoms with Crippen molar-refractivity contribution in [1.29, 1.82) is 0 Å². The normalized spacial score (nSPS) is 25.4. The number of anilines is 1. The number of para-hydroxylation sites is 1. The molecule has 2 unspecified atom stereocenters. The second-order valence-electron chi connectivity index (χ2n) is 3.92. The Morgan fingerprint density at radius 1 is 1.57 bits per heavy atom. The van der Waals surface area contributed by atoms with Crippen molar-refractivity contribution in [3.8, 4) is 0 Å². The van der Waals surface area contributed by atoms with E-state index in [9.17, 15) is 0 Å². The van der Waals surface area contributed by atoms with Crippen molar-refractivity contribution in [3.05, 3.63) is 28.8 Å². The largest absolute Gasteiger partial charge is 0.381 e. The standard InChI is InChI=1S/C11H15ClN2/c1-7-5-8(6-13)9-3-2-4-10(12)11(9)14-7/h2-4,7-8,14H,5-6,13H2,1H3. The molecule has 3 heteroatoms. The zero-order valence-electron chi connectivity index (χ0n) is 8.26. The summed E-state index contributed by atoms with van der Waals surface area (Å²) in [7, 11) is 0. The predicted octanol–water partition coefficient (Wildman–Crippen LogP) is 2.59. The monoisotopic (exact) mass is 210 g/mol. The Kier molecular flexibility index (Phi) is 2.66. The average molecular weight is 211 g/mol. The van der Waals surface area contributed by atoms with E-state index in [0.717, 1.165) is 17.1 Å². The van der Waals surface area contributed by atoms with Crippen LogP contribution in [0.3, 0.4) is 0 Å². The third-order valence-corrected chi connectivity index (χ3v) is 3.11. The lowest BCUT2D eigenvalue weighted by molar-refractivity contribution is 0.561. The van der Waals surface area contributed by atoms with Gasteiger partial charge < -0.3 is 11.1 Å². The van der Waals surface area contributed by atoms with Crippen molar-refractivity contribution in [2.24, 2.45) is 5.73 Å². The molecule has 0 saturated carbocycles. The molecule has 0 radical (unpaired) electrons. The van der Waals surface area contributed by atoms with Crippen LogP contribution in [0, 0.1) is 0 Å². The van der Waals surface area contributed by atoms with Crippen LogP contribution in [0.25, 0.3) is 0 Å². The molecule has 0 amide bonds. The highest BCUT2D eigenvalue weighted by Gasteiger charge is 2.24. The van der Waals surface area contributed by atoms with Crippen molar-refractivity contribution >= 4 is 17.3 Å². The number of halogens is 1. The van der Waals surface area contributed by atoms with Gasteiger partial charge in [0.05, 0.1) is 10.7 Å². The molecular weight excluding hydrogens is 196 g/mol. The highest BCUT2D eigenvalue weighted by Crippen LogP contribution is 2.37. The van der Waals surface area contributed by atoms with Crippen LogP contribution in [0.5, 0.6) is 0 Å². The molecule has 2 nitrogen and oxygen atoms in total. The van der Waals surface area contributed by atoms with Crippen molar-refractivity contribution < 1.29 is 0 Å². The van der Waals surface area contributed by atoms with E-state index in [1.807, 2.05) is 12.1 Å². The third kappa shape index (κ3) is 1.60. The molecule has 0 aliphatic carbocycles. The van der Waals surface area contributed by atoms with Crippen molar-refractivity contribution in [1.82, 2.24) is 0 Å². The topological polar surface area (TPSA) is 38.0 Å². The van der Waals surface area contributed by atoms with E-state index >= 15 is 0 Å². The number of nitrogens with one attached hydrogen (secondary N) is 1. The molecule has 14 heavy (non-hydrogen) atoms. The van der Waals surface area contributed by atoms with E-state index < -0.39 is 0 Å². The summed E-state index contributed by atoms with van der Waals surface area (Å²) in [4.78, 5) is 0. The van der Waals surface area contributed by atoms with E-state index in [-0.39, 0.29) is 0 Å². The fourth-order valence-corrected chi connectivity index (χ4v) is 2.35. The summed E-state index contributed by atoms with van der Waals surface area (Å²) >= 11 is 6.13. The lowest BCUT2D eigenvalue weighted by atomic mass is 9.87. The minimum Gasteiger partial charge on any atom is -0.381 e. The van der Waals surface area contributed by atoms with Crippen LogP contribution >= 0.6 is 11.6 Å². The summed E-state index contributed by atoms with van der Waals surface area (Å²) < 4.78 is 0. The van der Waals surface area contributed by atoms with Gasteiger partial charge in [0.1, 0.15) is 0 Å². The highest BCUT2D eigenvalue weighted by atomic mass is 35.5. The summed E-state index contributed by atoms with van der Waals surface area (Å²) in [6, 6.07) is 6.47. The average Bonchev–Trinajstić information content (AvgIpc) is 2.18. The molecule has 1 aromatic carbocycles. The predicted molar refractivity (Wildman–Crippen MR) is 60.9 cm³/mol. The maximum absolute atomic E-state index is 6.13. The Morgan fingerprint density at radius 2 is 2.36 bits per heavy atom. The summed E-state index contributed by atoms with van der Waals surface area (Å²) in [5, 5.41) is 4.20. The number of nitrogens with two attached hydrogens (primary N) is 1. The fourth-order valence-electron chi connectivity index (χ4n) is 2.12. The second kappa shape index (κ2) is 3.79. The Hall–Kier alpha value is -0.730. The number of rotatable bonds is 1. The van der Waals surface area contributed by atoms with Crippen LogP contribution in [0.15, 0.2) is 18.2 Å². The molecule has 2 rings (SSSR count). The van der Waals surface area contributed by atoms with E-state index in [0.29, 0.717) is 18.5 Å². The molecule has 1 aliphatic heterocycles. The second-order valence-corrected chi connectivity index (χ2v) is 4.32. The zero-order chi connectivity index (χ0) is 10.1. The first kappa shape index (κ1) is 9.81. The van der Waals surface area contributed by atoms with Gasteiger partial charge >= 0.3 is 0 Å². The van der Waals surface area contributed by atoms with Gasteiger partial charge in [-0.3, -0.25) is 0 Å². The first-order valence-electron chi connectivity index (χ1n) is 4.97. The lowest BCUT2D eigenvalue weighted by Crippen LogP contribution is -2.29. The maximum Gasteiger partial charge on any atom is 0.0640 e. The molecule has 0 spiro atoms. The maximum atomic E-state index is 6.13. The Bertz CT molecular complexity index is 338. The zero-order valence-corrected chi connectivity index (χ0v) is 9.01. The molecule has 0 aromatic heterocycles. The van der Waals surface area contributed by atoms with Gasteiger partial charge in [-0.25, -0.2) is 0 Å². The van der Waals surface area contributed by atoms with Gasteiger partial charge in [-0.2, -0.15) is 0 Å². The molecule has 76 valence electrons. The SMILES string of the molecule is CC1CC(CN)c2cccc(Cl)c2N1. The molecule has 0 fully saturated rings. The van der Waals surface area contributed by atoms with Crippen LogP contribution < -0.4 is 11.1 Å². The van der Waals surface area contributed by atoms with E-state index in [2.05, 4.69) is 18.3 Å². The number of fused-ring (bicyclic) bond motifs is 1. The van der Waals surface area contributed by atoms with Gasteiger partial charge in [0.2, 0.25) is 0 Å². The van der Waals surface area contributed by atoms with Crippen LogP contribution in [-0.4, -0.2) is 12.6 Å². The Labute approximate surface area is 89.4 Å². The summed E-state index contributed by atoms with van der Waals surface area (Å²) in [6.45, 7) is 2.86. The summed E-state index contributed by atoms with van der Waals surface area (Å²) in [6.07, 6.45) is 1.09. The molecule has 1 heterocycles. The smallest absolute Gasteiger partial charge is 0.0640 e. The minimum atomic E-state index is 0.444. The van der Waals surface area contributed by atoms with Crippen LogP contribution in [0.2, 0.25) is 5.02 Å². The van der Waals surface area contributed by atoms with Gasteiger partial charge in [-0.05, 0) is 31.5 Å². The molecule has 1 aliphatic rings. The summed E-state index contributed by atoms with van der Waals surface area (Å²) in [5.74, 6) is 0.444.